The molecule has 1 aliphatic rings. The number of carbonyl (C=O) groups excluding carboxylic acids is 1. The van der Waals surface area contributed by atoms with E-state index in [9.17, 15) is 9.90 Å². The highest BCUT2D eigenvalue weighted by Gasteiger charge is 2.32. The summed E-state index contributed by atoms with van der Waals surface area (Å²) in [6.07, 6.45) is 2.03. The summed E-state index contributed by atoms with van der Waals surface area (Å²) in [4.78, 5) is 14.0. The third-order valence-corrected chi connectivity index (χ3v) is 3.03. The number of carbonyl (C=O) groups is 1. The van der Waals surface area contributed by atoms with Crippen molar-refractivity contribution < 1.29 is 15.0 Å². The standard InChI is InChI=1S/C13H17NO3/c1-9-8-11(16)4-5-12(9)13(17)14(6-7-15)10-2-3-10/h4-5,8,10,15-16H,2-3,6-7H2,1H3. The molecule has 0 heterocycles. The summed E-state index contributed by atoms with van der Waals surface area (Å²) in [5.74, 6) is 0.109. The molecule has 4 nitrogen and oxygen atoms in total. The zero-order valence-electron chi connectivity index (χ0n) is 9.89. The Morgan fingerprint density at radius 1 is 1.47 bits per heavy atom. The number of hydrogen-bond acceptors (Lipinski definition) is 3. The van der Waals surface area contributed by atoms with Crippen LogP contribution in [0.25, 0.3) is 0 Å². The molecule has 1 amide bonds. The highest BCUT2D eigenvalue weighted by atomic mass is 16.3. The summed E-state index contributed by atoms with van der Waals surface area (Å²) >= 11 is 0. The number of phenolic OH excluding ortho intramolecular Hbond substituents is 1. The van der Waals surface area contributed by atoms with Crippen molar-refractivity contribution in [2.45, 2.75) is 25.8 Å². The Hall–Kier alpha value is -1.55. The average Bonchev–Trinajstić information content (AvgIpc) is 3.09. The van der Waals surface area contributed by atoms with Gasteiger partial charge in [0.1, 0.15) is 5.75 Å². The molecule has 17 heavy (non-hydrogen) atoms. The van der Waals surface area contributed by atoms with Gasteiger partial charge in [-0.05, 0) is 43.5 Å². The predicted molar refractivity (Wildman–Crippen MR) is 64.0 cm³/mol. The molecule has 0 aromatic heterocycles. The lowest BCUT2D eigenvalue weighted by molar-refractivity contribution is 0.0707. The number of phenols is 1. The minimum absolute atomic E-state index is 0.0145. The largest absolute Gasteiger partial charge is 0.508 e. The topological polar surface area (TPSA) is 60.8 Å². The fourth-order valence-corrected chi connectivity index (χ4v) is 1.99. The summed E-state index contributed by atoms with van der Waals surface area (Å²) in [6, 6.07) is 5.02. The van der Waals surface area contributed by atoms with Gasteiger partial charge in [-0.25, -0.2) is 0 Å². The Labute approximate surface area is 100 Å². The summed E-state index contributed by atoms with van der Waals surface area (Å²) in [5.41, 5.74) is 1.36. The van der Waals surface area contributed by atoms with Crippen molar-refractivity contribution in [2.75, 3.05) is 13.2 Å². The zero-order valence-corrected chi connectivity index (χ0v) is 9.89. The van der Waals surface area contributed by atoms with Crippen LogP contribution in [0.3, 0.4) is 0 Å². The summed E-state index contributed by atoms with van der Waals surface area (Å²) < 4.78 is 0. The minimum Gasteiger partial charge on any atom is -0.508 e. The van der Waals surface area contributed by atoms with Crippen molar-refractivity contribution in [1.29, 1.82) is 0 Å². The van der Waals surface area contributed by atoms with Gasteiger partial charge in [0.25, 0.3) is 5.91 Å². The van der Waals surface area contributed by atoms with Crippen LogP contribution in [0.2, 0.25) is 0 Å². The van der Waals surface area contributed by atoms with Gasteiger partial charge < -0.3 is 15.1 Å². The molecule has 0 atom stereocenters. The van der Waals surface area contributed by atoms with Crippen LogP contribution in [0.15, 0.2) is 18.2 Å². The number of amides is 1. The van der Waals surface area contributed by atoms with E-state index in [1.165, 1.54) is 6.07 Å². The molecule has 2 rings (SSSR count). The molecule has 1 fully saturated rings. The molecule has 0 radical (unpaired) electrons. The van der Waals surface area contributed by atoms with Gasteiger partial charge in [-0.15, -0.1) is 0 Å². The lowest BCUT2D eigenvalue weighted by atomic mass is 10.1. The van der Waals surface area contributed by atoms with E-state index in [0.717, 1.165) is 18.4 Å². The molecule has 1 aromatic carbocycles. The first-order chi connectivity index (χ1) is 8.13. The van der Waals surface area contributed by atoms with E-state index in [-0.39, 0.29) is 24.3 Å². The number of aliphatic hydroxyl groups excluding tert-OH is 1. The van der Waals surface area contributed by atoms with Crippen LogP contribution in [0.5, 0.6) is 5.75 Å². The first kappa shape index (κ1) is 11.9. The lowest BCUT2D eigenvalue weighted by Gasteiger charge is -2.22. The number of nitrogens with zero attached hydrogens (tertiary/aromatic N) is 1. The van der Waals surface area contributed by atoms with Crippen LogP contribution in [-0.2, 0) is 0 Å². The van der Waals surface area contributed by atoms with E-state index in [1.54, 1.807) is 24.0 Å². The van der Waals surface area contributed by atoms with Crippen LogP contribution in [-0.4, -0.2) is 40.2 Å². The second kappa shape index (κ2) is 4.75. The second-order valence-electron chi connectivity index (χ2n) is 4.45. The number of aliphatic hydroxyl groups is 1. The molecule has 0 bridgehead atoms. The predicted octanol–water partition coefficient (Wildman–Crippen LogP) is 1.30. The molecule has 0 saturated heterocycles. The first-order valence-corrected chi connectivity index (χ1v) is 5.85. The van der Waals surface area contributed by atoms with Crippen molar-refractivity contribution >= 4 is 5.91 Å². The molecule has 4 heteroatoms. The molecule has 0 unspecified atom stereocenters. The average molecular weight is 235 g/mol. The number of aromatic hydroxyl groups is 1. The van der Waals surface area contributed by atoms with E-state index in [2.05, 4.69) is 0 Å². The third-order valence-electron chi connectivity index (χ3n) is 3.03. The fraction of sp³-hybridized carbons (Fsp3) is 0.462. The van der Waals surface area contributed by atoms with E-state index in [4.69, 9.17) is 5.11 Å². The van der Waals surface area contributed by atoms with Gasteiger partial charge in [0.2, 0.25) is 0 Å². The molecular formula is C13H17NO3. The van der Waals surface area contributed by atoms with Gasteiger partial charge in [-0.1, -0.05) is 0 Å². The number of aryl methyl sites for hydroxylation is 1. The molecule has 2 N–H and O–H groups in total. The van der Waals surface area contributed by atoms with E-state index >= 15 is 0 Å². The molecule has 0 spiro atoms. The van der Waals surface area contributed by atoms with Crippen LogP contribution in [0.1, 0.15) is 28.8 Å². The molecular weight excluding hydrogens is 218 g/mol. The van der Waals surface area contributed by atoms with Crippen LogP contribution < -0.4 is 0 Å². The summed E-state index contributed by atoms with van der Waals surface area (Å²) in [5, 5.41) is 18.3. The van der Waals surface area contributed by atoms with Crippen molar-refractivity contribution in [2.24, 2.45) is 0 Å². The van der Waals surface area contributed by atoms with Gasteiger partial charge in [0.15, 0.2) is 0 Å². The highest BCUT2D eigenvalue weighted by Crippen LogP contribution is 2.29. The minimum atomic E-state index is -0.0564. The molecule has 1 saturated carbocycles. The Bertz CT molecular complexity index is 427. The molecule has 1 aliphatic carbocycles. The fourth-order valence-electron chi connectivity index (χ4n) is 1.99. The maximum Gasteiger partial charge on any atom is 0.254 e. The van der Waals surface area contributed by atoms with E-state index in [0.29, 0.717) is 12.1 Å². The van der Waals surface area contributed by atoms with Crippen molar-refractivity contribution in [3.8, 4) is 5.75 Å². The SMILES string of the molecule is Cc1cc(O)ccc1C(=O)N(CCO)C1CC1. The van der Waals surface area contributed by atoms with E-state index < -0.39 is 0 Å². The number of hydrogen-bond donors (Lipinski definition) is 2. The second-order valence-corrected chi connectivity index (χ2v) is 4.45. The highest BCUT2D eigenvalue weighted by molar-refractivity contribution is 5.96. The monoisotopic (exact) mass is 235 g/mol. The van der Waals surface area contributed by atoms with Gasteiger partial charge >= 0.3 is 0 Å². The number of benzene rings is 1. The zero-order chi connectivity index (χ0) is 12.4. The van der Waals surface area contributed by atoms with E-state index in [1.807, 2.05) is 0 Å². The quantitative estimate of drug-likeness (QED) is 0.827. The van der Waals surface area contributed by atoms with Crippen LogP contribution in [0, 0.1) is 6.92 Å². The number of rotatable bonds is 4. The molecule has 1 aromatic rings. The van der Waals surface area contributed by atoms with Crippen molar-refractivity contribution in [3.63, 3.8) is 0 Å². The molecule has 0 aliphatic heterocycles. The first-order valence-electron chi connectivity index (χ1n) is 5.85. The summed E-state index contributed by atoms with van der Waals surface area (Å²) in [7, 11) is 0. The molecule has 92 valence electrons. The third kappa shape index (κ3) is 2.58. The van der Waals surface area contributed by atoms with Crippen molar-refractivity contribution in [3.05, 3.63) is 29.3 Å². The van der Waals surface area contributed by atoms with Crippen molar-refractivity contribution in [1.82, 2.24) is 4.90 Å². The smallest absolute Gasteiger partial charge is 0.254 e. The van der Waals surface area contributed by atoms with Gasteiger partial charge in [0, 0.05) is 18.2 Å². The Morgan fingerprint density at radius 3 is 2.71 bits per heavy atom. The lowest BCUT2D eigenvalue weighted by Crippen LogP contribution is -2.35. The van der Waals surface area contributed by atoms with Gasteiger partial charge in [-0.3, -0.25) is 4.79 Å². The van der Waals surface area contributed by atoms with Crippen LogP contribution >= 0.6 is 0 Å². The maximum atomic E-state index is 12.3. The maximum absolute atomic E-state index is 12.3. The Balaban J connectivity index is 2.22. The summed E-state index contributed by atoms with van der Waals surface area (Å²) in [6.45, 7) is 2.17. The van der Waals surface area contributed by atoms with Gasteiger partial charge in [0.05, 0.1) is 6.61 Å². The Morgan fingerprint density at radius 2 is 2.18 bits per heavy atom. The van der Waals surface area contributed by atoms with Gasteiger partial charge in [-0.2, -0.15) is 0 Å². The Kier molecular flexibility index (Phi) is 3.33. The normalized spacial score (nSPS) is 14.7. The van der Waals surface area contributed by atoms with Crippen LogP contribution in [0.4, 0.5) is 0 Å².